The van der Waals surface area contributed by atoms with E-state index in [1.165, 1.54) is 24.3 Å². The second-order valence-electron chi connectivity index (χ2n) is 8.47. The van der Waals surface area contributed by atoms with Crippen LogP contribution in [-0.4, -0.2) is 74.9 Å². The van der Waals surface area contributed by atoms with Crippen LogP contribution in [0.25, 0.3) is 0 Å². The number of carboxylic acids is 2. The van der Waals surface area contributed by atoms with Gasteiger partial charge in [0, 0.05) is 12.2 Å². The molecular weight excluding hydrogens is 516 g/mol. The maximum atomic E-state index is 13.0. The van der Waals surface area contributed by atoms with Gasteiger partial charge in [0.15, 0.2) is 0 Å². The van der Waals surface area contributed by atoms with Crippen molar-refractivity contribution in [3.8, 4) is 5.75 Å². The molecule has 0 heterocycles. The van der Waals surface area contributed by atoms with Gasteiger partial charge in [0.2, 0.25) is 17.7 Å². The lowest BCUT2D eigenvalue weighted by Gasteiger charge is -2.24. The molecule has 0 radical (unpaired) electrons. The number of aliphatic carboxylic acids is 2. The molecule has 0 saturated heterocycles. The summed E-state index contributed by atoms with van der Waals surface area (Å²) in [5.41, 5.74) is 7.31. The van der Waals surface area contributed by atoms with Crippen LogP contribution < -0.4 is 21.7 Å². The normalized spacial score (nSPS) is 13.8. The highest BCUT2D eigenvalue weighted by Crippen LogP contribution is 2.12. The van der Waals surface area contributed by atoms with Crippen LogP contribution in [0, 0.1) is 0 Å². The van der Waals surface area contributed by atoms with E-state index in [0.29, 0.717) is 5.56 Å². The first-order valence-corrected chi connectivity index (χ1v) is 12.2. The monoisotopic (exact) mass is 546 g/mol. The van der Waals surface area contributed by atoms with Crippen molar-refractivity contribution in [1.29, 1.82) is 0 Å². The number of thiol groups is 1. The highest BCUT2D eigenvalue weighted by Gasteiger charge is 2.31. The number of benzene rings is 2. The number of hydrogen-bond acceptors (Lipinski definition) is 8. The molecule has 8 N–H and O–H groups in total. The van der Waals surface area contributed by atoms with Crippen LogP contribution in [0.1, 0.15) is 17.5 Å². The van der Waals surface area contributed by atoms with E-state index in [0.717, 1.165) is 5.56 Å². The summed E-state index contributed by atoms with van der Waals surface area (Å²) in [5.74, 6) is -5.54. The molecule has 13 heteroatoms. The van der Waals surface area contributed by atoms with E-state index in [4.69, 9.17) is 10.8 Å². The van der Waals surface area contributed by atoms with Gasteiger partial charge in [-0.05, 0) is 29.7 Å². The van der Waals surface area contributed by atoms with E-state index >= 15 is 0 Å². The maximum Gasteiger partial charge on any atom is 0.326 e. The molecule has 0 saturated carbocycles. The quantitative estimate of drug-likeness (QED) is 0.143. The number of hydrogen-bond donors (Lipinski definition) is 8. The van der Waals surface area contributed by atoms with Crippen molar-refractivity contribution >= 4 is 42.3 Å². The van der Waals surface area contributed by atoms with Crippen molar-refractivity contribution in [2.45, 2.75) is 43.4 Å². The third kappa shape index (κ3) is 9.75. The summed E-state index contributed by atoms with van der Waals surface area (Å²) < 4.78 is 0. The average Bonchev–Trinajstić information content (AvgIpc) is 2.87. The Balaban J connectivity index is 2.15. The number of aromatic hydroxyl groups is 1. The Kier molecular flexibility index (Phi) is 11.6. The summed E-state index contributed by atoms with van der Waals surface area (Å²) >= 11 is 4.11. The summed E-state index contributed by atoms with van der Waals surface area (Å²) in [4.78, 5) is 61.0. The van der Waals surface area contributed by atoms with Gasteiger partial charge < -0.3 is 37.0 Å². The number of amides is 3. The van der Waals surface area contributed by atoms with Gasteiger partial charge in [-0.3, -0.25) is 19.2 Å². The maximum absolute atomic E-state index is 13.0. The Morgan fingerprint density at radius 2 is 1.26 bits per heavy atom. The topological polar surface area (TPSA) is 208 Å². The van der Waals surface area contributed by atoms with E-state index in [2.05, 4.69) is 28.6 Å². The molecule has 2 aromatic carbocycles. The minimum Gasteiger partial charge on any atom is -0.508 e. The van der Waals surface area contributed by atoms with Gasteiger partial charge in [-0.1, -0.05) is 42.5 Å². The predicted octanol–water partition coefficient (Wildman–Crippen LogP) is -0.552. The molecule has 2 aromatic rings. The molecule has 38 heavy (non-hydrogen) atoms. The number of phenols is 1. The molecule has 4 atom stereocenters. The zero-order valence-electron chi connectivity index (χ0n) is 20.2. The second-order valence-corrected chi connectivity index (χ2v) is 8.83. The van der Waals surface area contributed by atoms with Crippen LogP contribution >= 0.6 is 12.6 Å². The summed E-state index contributed by atoms with van der Waals surface area (Å²) in [5, 5.41) is 34.8. The van der Waals surface area contributed by atoms with Gasteiger partial charge >= 0.3 is 11.9 Å². The summed E-state index contributed by atoms with van der Waals surface area (Å²) in [6.45, 7) is 0. The van der Waals surface area contributed by atoms with Crippen LogP contribution in [0.3, 0.4) is 0 Å². The van der Waals surface area contributed by atoms with Crippen LogP contribution in [0.5, 0.6) is 5.75 Å². The Morgan fingerprint density at radius 1 is 0.737 bits per heavy atom. The largest absolute Gasteiger partial charge is 0.508 e. The minimum absolute atomic E-state index is 0.0316. The number of nitrogens with two attached hydrogens (primary N) is 1. The van der Waals surface area contributed by atoms with E-state index in [-0.39, 0.29) is 24.3 Å². The summed E-state index contributed by atoms with van der Waals surface area (Å²) in [6.07, 6.45) is -0.785. The fourth-order valence-corrected chi connectivity index (χ4v) is 3.69. The molecule has 0 aliphatic rings. The molecule has 0 aliphatic carbocycles. The van der Waals surface area contributed by atoms with Crippen LogP contribution in [-0.2, 0) is 36.8 Å². The first-order valence-electron chi connectivity index (χ1n) is 11.5. The lowest BCUT2D eigenvalue weighted by Crippen LogP contribution is -2.58. The fourth-order valence-electron chi connectivity index (χ4n) is 3.43. The molecule has 0 aromatic heterocycles. The van der Waals surface area contributed by atoms with E-state index in [9.17, 15) is 34.2 Å². The number of carbonyl (C=O) groups excluding carboxylic acids is 3. The zero-order chi connectivity index (χ0) is 28.2. The van der Waals surface area contributed by atoms with Crippen LogP contribution in [0.15, 0.2) is 54.6 Å². The van der Waals surface area contributed by atoms with E-state index in [1.807, 2.05) is 6.07 Å². The first kappa shape index (κ1) is 30.1. The first-order chi connectivity index (χ1) is 18.0. The van der Waals surface area contributed by atoms with E-state index < -0.39 is 60.2 Å². The van der Waals surface area contributed by atoms with Crippen molar-refractivity contribution in [2.24, 2.45) is 5.73 Å². The lowest BCUT2D eigenvalue weighted by molar-refractivity contribution is -0.147. The molecular formula is C25H30N4O8S. The van der Waals surface area contributed by atoms with Crippen molar-refractivity contribution in [2.75, 3.05) is 5.75 Å². The lowest BCUT2D eigenvalue weighted by atomic mass is 10.0. The Hall–Kier alpha value is -4.10. The van der Waals surface area contributed by atoms with Crippen molar-refractivity contribution in [3.63, 3.8) is 0 Å². The molecule has 204 valence electrons. The van der Waals surface area contributed by atoms with Gasteiger partial charge in [-0.25, -0.2) is 4.79 Å². The smallest absolute Gasteiger partial charge is 0.326 e. The summed E-state index contributed by atoms with van der Waals surface area (Å²) in [6, 6.07) is 9.51. The van der Waals surface area contributed by atoms with Crippen molar-refractivity contribution in [1.82, 2.24) is 16.0 Å². The third-order valence-electron chi connectivity index (χ3n) is 5.45. The predicted molar refractivity (Wildman–Crippen MR) is 139 cm³/mol. The average molecular weight is 547 g/mol. The van der Waals surface area contributed by atoms with Gasteiger partial charge in [0.1, 0.15) is 23.9 Å². The molecule has 2 rings (SSSR count). The molecule has 3 amide bonds. The Morgan fingerprint density at radius 3 is 1.82 bits per heavy atom. The van der Waals surface area contributed by atoms with E-state index in [1.54, 1.807) is 24.3 Å². The summed E-state index contributed by atoms with van der Waals surface area (Å²) in [7, 11) is 0. The number of phenolic OH excluding ortho intramolecular Hbond substituents is 1. The third-order valence-corrected chi connectivity index (χ3v) is 5.82. The van der Waals surface area contributed by atoms with Gasteiger partial charge in [0.25, 0.3) is 0 Å². The van der Waals surface area contributed by atoms with Crippen LogP contribution in [0.4, 0.5) is 0 Å². The number of nitrogens with one attached hydrogen (secondary N) is 3. The second kappa shape index (κ2) is 14.6. The van der Waals surface area contributed by atoms with Gasteiger partial charge in [-0.15, -0.1) is 0 Å². The Labute approximate surface area is 224 Å². The molecule has 12 nitrogen and oxygen atoms in total. The van der Waals surface area contributed by atoms with Gasteiger partial charge in [-0.2, -0.15) is 12.6 Å². The van der Waals surface area contributed by atoms with Crippen molar-refractivity contribution < 1.29 is 39.3 Å². The SMILES string of the molecule is NC(Cc1ccccc1)C(=O)NC(CS)C(=O)NC(Cc1ccc(O)cc1)C(=O)NC(CC(=O)O)C(=O)O. The highest BCUT2D eigenvalue weighted by atomic mass is 32.1. The number of rotatable bonds is 14. The van der Waals surface area contributed by atoms with Crippen molar-refractivity contribution in [3.05, 3.63) is 65.7 Å². The molecule has 0 bridgehead atoms. The molecule has 4 unspecified atom stereocenters. The minimum atomic E-state index is -1.74. The molecule has 0 fully saturated rings. The fraction of sp³-hybridized carbons (Fsp3) is 0.320. The molecule has 0 spiro atoms. The number of carboxylic acid groups (broad SMARTS) is 2. The van der Waals surface area contributed by atoms with Gasteiger partial charge in [0.05, 0.1) is 12.5 Å². The number of carbonyl (C=O) groups is 5. The standard InChI is InChI=1S/C25H30N4O8S/c26-17(10-14-4-2-1-3-5-14)22(33)29-20(13-38)24(35)27-18(11-15-6-8-16(30)9-7-15)23(34)28-19(25(36)37)12-21(31)32/h1-9,17-20,30,38H,10-13,26H2,(H,27,35)(H,28,34)(H,29,33)(H,31,32)(H,36,37). The molecule has 0 aliphatic heterocycles. The zero-order valence-corrected chi connectivity index (χ0v) is 21.1. The Bertz CT molecular complexity index is 1130. The van der Waals surface area contributed by atoms with Crippen LogP contribution in [0.2, 0.25) is 0 Å². The highest BCUT2D eigenvalue weighted by molar-refractivity contribution is 7.80.